The zero-order chi connectivity index (χ0) is 19.8. The molecule has 0 bridgehead atoms. The first kappa shape index (κ1) is 19.8. The Bertz CT molecular complexity index is 759. The number of urea groups is 1. The average Bonchev–Trinajstić information content (AvgIpc) is 3.25. The van der Waals surface area contributed by atoms with E-state index in [4.69, 9.17) is 0 Å². The van der Waals surface area contributed by atoms with Gasteiger partial charge < -0.3 is 10.6 Å². The summed E-state index contributed by atoms with van der Waals surface area (Å²) in [6.45, 7) is 8.79. The molecule has 3 rings (SSSR count). The highest BCUT2D eigenvalue weighted by atomic mass is 32.1. The fourth-order valence-electron chi connectivity index (χ4n) is 3.64. The molecule has 8 heteroatoms. The second kappa shape index (κ2) is 7.22. The lowest BCUT2D eigenvalue weighted by Gasteiger charge is -2.20. The van der Waals surface area contributed by atoms with Crippen molar-refractivity contribution in [1.29, 1.82) is 0 Å². The molecule has 148 valence electrons. The molecule has 0 radical (unpaired) electrons. The number of thiazole rings is 1. The molecule has 2 aliphatic rings. The van der Waals surface area contributed by atoms with E-state index in [1.165, 1.54) is 16.2 Å². The molecule has 1 spiro atoms. The Morgan fingerprint density at radius 1 is 1.30 bits per heavy atom. The van der Waals surface area contributed by atoms with Gasteiger partial charge in [0.05, 0.1) is 10.7 Å². The zero-order valence-electron chi connectivity index (χ0n) is 16.5. The Morgan fingerprint density at radius 2 is 1.96 bits per heavy atom. The molecule has 27 heavy (non-hydrogen) atoms. The van der Waals surface area contributed by atoms with Crippen LogP contribution in [-0.4, -0.2) is 46.4 Å². The molecule has 1 aromatic rings. The summed E-state index contributed by atoms with van der Waals surface area (Å²) < 4.78 is 0. The van der Waals surface area contributed by atoms with Crippen LogP contribution in [0.2, 0.25) is 0 Å². The molecule has 1 aliphatic carbocycles. The van der Waals surface area contributed by atoms with Gasteiger partial charge >= 0.3 is 6.03 Å². The lowest BCUT2D eigenvalue weighted by molar-refractivity contribution is -0.131. The maximum absolute atomic E-state index is 12.6. The van der Waals surface area contributed by atoms with Gasteiger partial charge in [-0.3, -0.25) is 14.5 Å². The number of carbonyl (C=O) groups excluding carboxylic acids is 3. The van der Waals surface area contributed by atoms with Crippen LogP contribution in [0, 0.1) is 6.92 Å². The maximum Gasteiger partial charge on any atom is 0.325 e. The van der Waals surface area contributed by atoms with Gasteiger partial charge in [-0.15, -0.1) is 11.3 Å². The summed E-state index contributed by atoms with van der Waals surface area (Å²) in [4.78, 5) is 43.6. The molecule has 2 fully saturated rings. The standard InChI is InChI=1S/C19H28N4O3S/c1-12-13(27-15(21-12)18(2,3)4)14(24)20-10-7-11-23-16(25)19(22-17(23)26)8-5-6-9-19/h5-11H2,1-4H3,(H,20,24)(H,22,26). The number of rotatable bonds is 5. The number of aryl methyl sites for hydroxylation is 1. The first-order valence-corrected chi connectivity index (χ1v) is 10.4. The Kier molecular flexibility index (Phi) is 5.29. The van der Waals surface area contributed by atoms with Gasteiger partial charge in [0.25, 0.3) is 11.8 Å². The van der Waals surface area contributed by atoms with Gasteiger partial charge in [-0.2, -0.15) is 0 Å². The van der Waals surface area contributed by atoms with Crippen molar-refractivity contribution in [1.82, 2.24) is 20.5 Å². The summed E-state index contributed by atoms with van der Waals surface area (Å²) in [6.07, 6.45) is 3.93. The number of imide groups is 1. The van der Waals surface area contributed by atoms with Gasteiger partial charge in [0.1, 0.15) is 10.4 Å². The maximum atomic E-state index is 12.6. The molecule has 4 amide bonds. The molecule has 1 aliphatic heterocycles. The van der Waals surface area contributed by atoms with E-state index in [1.807, 2.05) is 6.92 Å². The third-order valence-electron chi connectivity index (χ3n) is 5.19. The normalized spacial score (nSPS) is 19.0. The average molecular weight is 393 g/mol. The summed E-state index contributed by atoms with van der Waals surface area (Å²) in [6, 6.07) is -0.304. The second-order valence-electron chi connectivity index (χ2n) is 8.47. The first-order chi connectivity index (χ1) is 12.6. The Morgan fingerprint density at radius 3 is 2.56 bits per heavy atom. The van der Waals surface area contributed by atoms with E-state index >= 15 is 0 Å². The van der Waals surface area contributed by atoms with Gasteiger partial charge in [-0.1, -0.05) is 33.6 Å². The van der Waals surface area contributed by atoms with Crippen LogP contribution < -0.4 is 10.6 Å². The number of hydrogen-bond acceptors (Lipinski definition) is 5. The molecule has 0 aromatic carbocycles. The number of nitrogens with one attached hydrogen (secondary N) is 2. The van der Waals surface area contributed by atoms with Gasteiger partial charge in [-0.25, -0.2) is 9.78 Å². The van der Waals surface area contributed by atoms with Crippen LogP contribution in [0.5, 0.6) is 0 Å². The lowest BCUT2D eigenvalue weighted by Crippen LogP contribution is -2.44. The minimum Gasteiger partial charge on any atom is -0.351 e. The van der Waals surface area contributed by atoms with Crippen molar-refractivity contribution in [3.05, 3.63) is 15.6 Å². The van der Waals surface area contributed by atoms with E-state index in [0.717, 1.165) is 36.4 Å². The topological polar surface area (TPSA) is 91.4 Å². The molecule has 1 saturated heterocycles. The van der Waals surface area contributed by atoms with Crippen LogP contribution in [0.4, 0.5) is 4.79 Å². The summed E-state index contributed by atoms with van der Waals surface area (Å²) in [5.41, 5.74) is -0.0171. The van der Waals surface area contributed by atoms with Crippen LogP contribution in [0.1, 0.15) is 73.2 Å². The number of aromatic nitrogens is 1. The molecular formula is C19H28N4O3S. The minimum atomic E-state index is -0.663. The highest BCUT2D eigenvalue weighted by Crippen LogP contribution is 2.35. The largest absolute Gasteiger partial charge is 0.351 e. The second-order valence-corrected chi connectivity index (χ2v) is 9.47. The van der Waals surface area contributed by atoms with E-state index in [-0.39, 0.29) is 23.3 Å². The molecule has 0 atom stereocenters. The van der Waals surface area contributed by atoms with Gasteiger partial charge in [0, 0.05) is 18.5 Å². The van der Waals surface area contributed by atoms with Crippen molar-refractivity contribution < 1.29 is 14.4 Å². The summed E-state index contributed by atoms with van der Waals surface area (Å²) in [7, 11) is 0. The lowest BCUT2D eigenvalue weighted by atomic mass is 9.98. The van der Waals surface area contributed by atoms with E-state index in [0.29, 0.717) is 24.4 Å². The summed E-state index contributed by atoms with van der Waals surface area (Å²) in [5.74, 6) is -0.255. The fourth-order valence-corrected chi connectivity index (χ4v) is 4.68. The van der Waals surface area contributed by atoms with Gasteiger partial charge in [-0.05, 0) is 26.2 Å². The first-order valence-electron chi connectivity index (χ1n) is 9.54. The summed E-state index contributed by atoms with van der Waals surface area (Å²) >= 11 is 1.42. The van der Waals surface area contributed by atoms with Crippen molar-refractivity contribution in [2.45, 2.75) is 70.8 Å². The van der Waals surface area contributed by atoms with E-state index in [2.05, 4.69) is 36.4 Å². The Hall–Kier alpha value is -1.96. The number of hydrogen-bond donors (Lipinski definition) is 2. The van der Waals surface area contributed by atoms with E-state index < -0.39 is 5.54 Å². The van der Waals surface area contributed by atoms with Crippen molar-refractivity contribution in [2.24, 2.45) is 0 Å². The monoisotopic (exact) mass is 392 g/mol. The van der Waals surface area contributed by atoms with Crippen LogP contribution in [0.3, 0.4) is 0 Å². The Labute approximate surface area is 163 Å². The van der Waals surface area contributed by atoms with Crippen molar-refractivity contribution in [3.8, 4) is 0 Å². The number of amides is 4. The predicted octanol–water partition coefficient (Wildman–Crippen LogP) is 2.73. The van der Waals surface area contributed by atoms with Gasteiger partial charge in [0.2, 0.25) is 0 Å². The zero-order valence-corrected chi connectivity index (χ0v) is 17.3. The molecule has 2 N–H and O–H groups in total. The number of carbonyl (C=O) groups is 3. The molecule has 1 aromatic heterocycles. The fraction of sp³-hybridized carbons (Fsp3) is 0.684. The van der Waals surface area contributed by atoms with E-state index in [1.54, 1.807) is 0 Å². The van der Waals surface area contributed by atoms with Crippen molar-refractivity contribution >= 4 is 29.2 Å². The van der Waals surface area contributed by atoms with Crippen LogP contribution in [0.25, 0.3) is 0 Å². The van der Waals surface area contributed by atoms with Crippen LogP contribution in [-0.2, 0) is 10.2 Å². The predicted molar refractivity (Wildman–Crippen MR) is 104 cm³/mol. The molecule has 0 unspecified atom stereocenters. The molecule has 2 heterocycles. The molecule has 7 nitrogen and oxygen atoms in total. The molecule has 1 saturated carbocycles. The third-order valence-corrected chi connectivity index (χ3v) is 6.77. The van der Waals surface area contributed by atoms with E-state index in [9.17, 15) is 14.4 Å². The molecular weight excluding hydrogens is 364 g/mol. The van der Waals surface area contributed by atoms with Gasteiger partial charge in [0.15, 0.2) is 0 Å². The third kappa shape index (κ3) is 3.85. The number of nitrogens with zero attached hydrogens (tertiary/aromatic N) is 2. The minimum absolute atomic E-state index is 0.0897. The van der Waals surface area contributed by atoms with Crippen LogP contribution >= 0.6 is 11.3 Å². The quantitative estimate of drug-likeness (QED) is 0.595. The SMILES string of the molecule is Cc1nc(C(C)(C)C)sc1C(=O)NCCCN1C(=O)NC2(CCCC2)C1=O. The smallest absolute Gasteiger partial charge is 0.325 e. The summed E-state index contributed by atoms with van der Waals surface area (Å²) in [5, 5.41) is 6.69. The highest BCUT2D eigenvalue weighted by molar-refractivity contribution is 7.14. The van der Waals surface area contributed by atoms with Crippen LogP contribution in [0.15, 0.2) is 0 Å². The Balaban J connectivity index is 1.51. The van der Waals surface area contributed by atoms with Crippen molar-refractivity contribution in [3.63, 3.8) is 0 Å². The van der Waals surface area contributed by atoms with Crippen molar-refractivity contribution in [2.75, 3.05) is 13.1 Å². The highest BCUT2D eigenvalue weighted by Gasteiger charge is 2.51.